The van der Waals surface area contributed by atoms with E-state index >= 15 is 0 Å². The minimum Gasteiger partial charge on any atom is -0.481 e. The van der Waals surface area contributed by atoms with Crippen LogP contribution in [-0.2, 0) is 4.79 Å². The maximum atomic E-state index is 12.2. The minimum atomic E-state index is -0.896. The maximum Gasteiger partial charge on any atom is 0.306 e. The van der Waals surface area contributed by atoms with Gasteiger partial charge in [-0.05, 0) is 6.07 Å². The molecule has 1 fully saturated rings. The molecule has 1 aromatic rings. The highest BCUT2D eigenvalue weighted by Crippen LogP contribution is 2.28. The second-order valence-electron chi connectivity index (χ2n) is 4.87. The van der Waals surface area contributed by atoms with Crippen molar-refractivity contribution in [3.05, 3.63) is 39.9 Å². The van der Waals surface area contributed by atoms with Crippen molar-refractivity contribution < 1.29 is 19.6 Å². The van der Waals surface area contributed by atoms with E-state index < -0.39 is 22.7 Å². The third-order valence-electron chi connectivity index (χ3n) is 3.62. The summed E-state index contributed by atoms with van der Waals surface area (Å²) in [6, 6.07) is 5.76. The summed E-state index contributed by atoms with van der Waals surface area (Å²) in [5.74, 6) is -1.94. The molecule has 7 nitrogen and oxygen atoms in total. The number of nitro benzene ring substituents is 1. The molecule has 1 N–H and O–H groups in total. The van der Waals surface area contributed by atoms with Crippen LogP contribution < -0.4 is 0 Å². The molecule has 1 atom stereocenters. The maximum absolute atomic E-state index is 12.2. The highest BCUT2D eigenvalue weighted by Gasteiger charge is 2.38. The highest BCUT2D eigenvalue weighted by molar-refractivity contribution is 5.98. The van der Waals surface area contributed by atoms with Crippen molar-refractivity contribution in [1.29, 1.82) is 0 Å². The number of aliphatic carboxylic acids is 1. The van der Waals surface area contributed by atoms with Crippen LogP contribution in [0, 0.1) is 22.0 Å². The molecule has 0 spiro atoms. The lowest BCUT2D eigenvalue weighted by Crippen LogP contribution is -2.53. The molecule has 1 heterocycles. The SMILES string of the molecule is CC(C(=O)O)C1CN(C(=O)c2ccccc2[N+](=O)[O-])C1. The molecule has 1 aliphatic rings. The monoisotopic (exact) mass is 278 g/mol. The number of carbonyl (C=O) groups excluding carboxylic acids is 1. The van der Waals surface area contributed by atoms with Crippen LogP contribution in [0.15, 0.2) is 24.3 Å². The smallest absolute Gasteiger partial charge is 0.306 e. The molecule has 20 heavy (non-hydrogen) atoms. The van der Waals surface area contributed by atoms with Crippen LogP contribution in [0.5, 0.6) is 0 Å². The number of hydrogen-bond donors (Lipinski definition) is 1. The fraction of sp³-hybridized carbons (Fsp3) is 0.385. The Morgan fingerprint density at radius 2 is 2.00 bits per heavy atom. The van der Waals surface area contributed by atoms with Gasteiger partial charge in [0.05, 0.1) is 10.8 Å². The van der Waals surface area contributed by atoms with Crippen molar-refractivity contribution in [2.45, 2.75) is 6.92 Å². The van der Waals surface area contributed by atoms with Gasteiger partial charge in [-0.3, -0.25) is 19.7 Å². The van der Waals surface area contributed by atoms with E-state index in [1.807, 2.05) is 0 Å². The van der Waals surface area contributed by atoms with Gasteiger partial charge in [0, 0.05) is 25.1 Å². The second kappa shape index (κ2) is 5.28. The summed E-state index contributed by atoms with van der Waals surface area (Å²) < 4.78 is 0. The molecule has 0 saturated carbocycles. The van der Waals surface area contributed by atoms with Gasteiger partial charge >= 0.3 is 5.97 Å². The van der Waals surface area contributed by atoms with Gasteiger partial charge in [0.15, 0.2) is 0 Å². The molecule has 1 aliphatic heterocycles. The number of para-hydroxylation sites is 1. The first-order valence-corrected chi connectivity index (χ1v) is 6.17. The first kappa shape index (κ1) is 14.0. The van der Waals surface area contributed by atoms with E-state index in [9.17, 15) is 19.7 Å². The molecule has 2 rings (SSSR count). The molecule has 1 amide bonds. The summed E-state index contributed by atoms with van der Waals surface area (Å²) >= 11 is 0. The van der Waals surface area contributed by atoms with E-state index in [2.05, 4.69) is 0 Å². The largest absolute Gasteiger partial charge is 0.481 e. The fourth-order valence-electron chi connectivity index (χ4n) is 2.18. The molecule has 0 bridgehead atoms. The minimum absolute atomic E-state index is 0.0407. The van der Waals surface area contributed by atoms with Gasteiger partial charge in [0.25, 0.3) is 11.6 Å². The summed E-state index contributed by atoms with van der Waals surface area (Å²) in [6.07, 6.45) is 0. The third-order valence-corrected chi connectivity index (χ3v) is 3.62. The Bertz CT molecular complexity index is 566. The molecule has 0 radical (unpaired) electrons. The van der Waals surface area contributed by atoms with E-state index in [0.29, 0.717) is 13.1 Å². The highest BCUT2D eigenvalue weighted by atomic mass is 16.6. The van der Waals surface area contributed by atoms with Gasteiger partial charge < -0.3 is 10.0 Å². The molecule has 0 aliphatic carbocycles. The van der Waals surface area contributed by atoms with Crippen LogP contribution in [0.4, 0.5) is 5.69 Å². The van der Waals surface area contributed by atoms with Gasteiger partial charge in [-0.1, -0.05) is 19.1 Å². The van der Waals surface area contributed by atoms with Crippen LogP contribution in [-0.4, -0.2) is 39.9 Å². The molecule has 1 saturated heterocycles. The van der Waals surface area contributed by atoms with Crippen molar-refractivity contribution in [2.75, 3.05) is 13.1 Å². The van der Waals surface area contributed by atoms with Crippen LogP contribution >= 0.6 is 0 Å². The number of nitro groups is 1. The molecule has 0 aromatic heterocycles. The molecule has 106 valence electrons. The Hall–Kier alpha value is -2.44. The standard InChI is InChI=1S/C13H14N2O5/c1-8(13(17)18)9-6-14(7-9)12(16)10-4-2-3-5-11(10)15(19)20/h2-5,8-9H,6-7H2,1H3,(H,17,18). The van der Waals surface area contributed by atoms with Gasteiger partial charge in [0.2, 0.25) is 0 Å². The predicted molar refractivity (Wildman–Crippen MR) is 69.3 cm³/mol. The summed E-state index contributed by atoms with van der Waals surface area (Å²) in [5.41, 5.74) is -0.189. The Balaban J connectivity index is 2.08. The van der Waals surface area contributed by atoms with Gasteiger partial charge in [0.1, 0.15) is 5.56 Å². The zero-order valence-corrected chi connectivity index (χ0v) is 10.9. The Labute approximate surface area is 115 Å². The molecule has 7 heteroatoms. The first-order chi connectivity index (χ1) is 9.41. The average molecular weight is 278 g/mol. The summed E-state index contributed by atoms with van der Waals surface area (Å²) in [7, 11) is 0. The fourth-order valence-corrected chi connectivity index (χ4v) is 2.18. The van der Waals surface area contributed by atoms with Crippen LogP contribution in [0.3, 0.4) is 0 Å². The number of nitrogens with zero attached hydrogens (tertiary/aromatic N) is 2. The summed E-state index contributed by atoms with van der Waals surface area (Å²) in [5, 5.41) is 19.8. The van der Waals surface area contributed by atoms with E-state index in [1.165, 1.54) is 23.1 Å². The quantitative estimate of drug-likeness (QED) is 0.662. The third kappa shape index (κ3) is 2.47. The van der Waals surface area contributed by atoms with Crippen LogP contribution in [0.2, 0.25) is 0 Å². The van der Waals surface area contributed by atoms with Crippen molar-refractivity contribution in [3.63, 3.8) is 0 Å². The number of likely N-dealkylation sites (tertiary alicyclic amines) is 1. The number of carboxylic acids is 1. The lowest BCUT2D eigenvalue weighted by atomic mass is 9.86. The van der Waals surface area contributed by atoms with Crippen LogP contribution in [0.25, 0.3) is 0 Å². The molecular formula is C13H14N2O5. The number of rotatable bonds is 4. The topological polar surface area (TPSA) is 101 Å². The number of carbonyl (C=O) groups is 2. The molecule has 1 aromatic carbocycles. The van der Waals surface area contributed by atoms with E-state index in [0.717, 1.165) is 0 Å². The number of benzene rings is 1. The van der Waals surface area contributed by atoms with Crippen molar-refractivity contribution in [2.24, 2.45) is 11.8 Å². The van der Waals surface area contributed by atoms with Gasteiger partial charge in [-0.15, -0.1) is 0 Å². The number of hydrogen-bond acceptors (Lipinski definition) is 4. The zero-order chi connectivity index (χ0) is 14.9. The molecular weight excluding hydrogens is 264 g/mol. The van der Waals surface area contributed by atoms with Crippen molar-refractivity contribution in [1.82, 2.24) is 4.90 Å². The first-order valence-electron chi connectivity index (χ1n) is 6.17. The Kier molecular flexibility index (Phi) is 3.69. The Morgan fingerprint density at radius 3 is 2.55 bits per heavy atom. The van der Waals surface area contributed by atoms with Crippen molar-refractivity contribution in [3.8, 4) is 0 Å². The normalized spacial score (nSPS) is 16.4. The summed E-state index contributed by atoms with van der Waals surface area (Å²) in [4.78, 5) is 34.7. The van der Waals surface area contributed by atoms with Crippen molar-refractivity contribution >= 4 is 17.6 Å². The van der Waals surface area contributed by atoms with Crippen LogP contribution in [0.1, 0.15) is 17.3 Å². The molecule has 1 unspecified atom stereocenters. The Morgan fingerprint density at radius 1 is 1.40 bits per heavy atom. The average Bonchev–Trinajstić information content (AvgIpc) is 2.36. The van der Waals surface area contributed by atoms with E-state index in [4.69, 9.17) is 5.11 Å². The van der Waals surface area contributed by atoms with E-state index in [1.54, 1.807) is 13.0 Å². The zero-order valence-electron chi connectivity index (χ0n) is 10.9. The number of amides is 1. The predicted octanol–water partition coefficient (Wildman–Crippen LogP) is 1.39. The van der Waals surface area contributed by atoms with E-state index in [-0.39, 0.29) is 17.2 Å². The summed E-state index contributed by atoms with van der Waals surface area (Å²) in [6.45, 7) is 2.23. The lowest BCUT2D eigenvalue weighted by molar-refractivity contribution is -0.385. The van der Waals surface area contributed by atoms with Gasteiger partial charge in [-0.25, -0.2) is 0 Å². The second-order valence-corrected chi connectivity index (χ2v) is 4.87. The number of carboxylic acid groups (broad SMARTS) is 1. The van der Waals surface area contributed by atoms with Gasteiger partial charge in [-0.2, -0.15) is 0 Å². The lowest BCUT2D eigenvalue weighted by Gasteiger charge is -2.41.